The maximum atomic E-state index is 11.8. The lowest BCUT2D eigenvalue weighted by atomic mass is 10.2. The van der Waals surface area contributed by atoms with E-state index in [0.717, 1.165) is 25.0 Å². The fourth-order valence-electron chi connectivity index (χ4n) is 1.99. The molecule has 0 saturated carbocycles. The quantitative estimate of drug-likeness (QED) is 0.571. The number of nitrogens with two attached hydrogens (primary N) is 1. The molecule has 0 radical (unpaired) electrons. The molecule has 0 aliphatic heterocycles. The summed E-state index contributed by atoms with van der Waals surface area (Å²) in [5.74, 6) is 1.51. The Morgan fingerprint density at radius 1 is 1.09 bits per heavy atom. The van der Waals surface area contributed by atoms with Crippen molar-refractivity contribution < 1.29 is 4.79 Å². The van der Waals surface area contributed by atoms with Crippen LogP contribution in [0, 0.1) is 0 Å². The zero-order valence-corrected chi connectivity index (χ0v) is 13.3. The monoisotopic (exact) mass is 315 g/mol. The topological polar surface area (TPSA) is 68.0 Å². The third kappa shape index (κ3) is 5.77. The number of nitrogens with zero attached hydrogens (tertiary/aromatic N) is 1. The average molecular weight is 315 g/mol. The Bertz CT molecular complexity index is 589. The summed E-state index contributed by atoms with van der Waals surface area (Å²) in [7, 11) is 0. The molecule has 4 nitrogen and oxygen atoms in total. The summed E-state index contributed by atoms with van der Waals surface area (Å²) in [6.45, 7) is 0. The van der Waals surface area contributed by atoms with Crippen LogP contribution in [0.15, 0.2) is 53.6 Å². The third-order valence-electron chi connectivity index (χ3n) is 3.16. The Labute approximate surface area is 135 Å². The minimum absolute atomic E-state index is 0.0267. The van der Waals surface area contributed by atoms with E-state index in [0.29, 0.717) is 17.9 Å². The van der Waals surface area contributed by atoms with E-state index in [9.17, 15) is 4.79 Å². The fourth-order valence-corrected chi connectivity index (χ4v) is 2.92. The van der Waals surface area contributed by atoms with Crippen LogP contribution in [-0.2, 0) is 4.79 Å². The molecule has 1 heterocycles. The molecule has 0 aliphatic carbocycles. The number of carbonyl (C=O) groups excluding carboxylic acids is 1. The number of nitrogens with one attached hydrogen (secondary N) is 1. The van der Waals surface area contributed by atoms with Crippen molar-refractivity contribution in [3.05, 3.63) is 48.7 Å². The van der Waals surface area contributed by atoms with Crippen LogP contribution in [0.2, 0.25) is 0 Å². The molecule has 0 unspecified atom stereocenters. The number of amides is 1. The predicted molar refractivity (Wildman–Crippen MR) is 92.9 cm³/mol. The maximum Gasteiger partial charge on any atom is 0.225 e. The standard InChI is InChI=1S/C17H21N3OS/c18-15-10-7-12-19-17(15)20-16(21)11-5-2-6-13-22-14-8-3-1-4-9-14/h1,3-4,7-10,12H,2,5-6,11,13,18H2,(H,19,20,21). The second-order valence-corrected chi connectivity index (χ2v) is 6.13. The van der Waals surface area contributed by atoms with E-state index in [2.05, 4.69) is 34.6 Å². The first kappa shape index (κ1) is 16.4. The van der Waals surface area contributed by atoms with Crippen molar-refractivity contribution in [1.29, 1.82) is 0 Å². The maximum absolute atomic E-state index is 11.8. The van der Waals surface area contributed by atoms with Gasteiger partial charge in [-0.25, -0.2) is 4.98 Å². The molecule has 1 amide bonds. The first-order valence-electron chi connectivity index (χ1n) is 7.44. The smallest absolute Gasteiger partial charge is 0.225 e. The third-order valence-corrected chi connectivity index (χ3v) is 4.26. The van der Waals surface area contributed by atoms with Gasteiger partial charge in [-0.2, -0.15) is 0 Å². The van der Waals surface area contributed by atoms with Crippen LogP contribution in [0.1, 0.15) is 25.7 Å². The molecule has 0 saturated heterocycles. The zero-order chi connectivity index (χ0) is 15.6. The van der Waals surface area contributed by atoms with Crippen LogP contribution in [0.4, 0.5) is 11.5 Å². The number of hydrogen-bond acceptors (Lipinski definition) is 4. The summed E-state index contributed by atoms with van der Waals surface area (Å²) in [6.07, 6.45) is 5.16. The SMILES string of the molecule is Nc1cccnc1NC(=O)CCCCCSc1ccccc1. The van der Waals surface area contributed by atoms with E-state index < -0.39 is 0 Å². The van der Waals surface area contributed by atoms with Gasteiger partial charge in [0.15, 0.2) is 5.82 Å². The Hall–Kier alpha value is -2.01. The van der Waals surface area contributed by atoms with Gasteiger partial charge in [-0.3, -0.25) is 4.79 Å². The molecule has 2 aromatic rings. The molecule has 0 atom stereocenters. The number of nitrogen functional groups attached to an aromatic ring is 1. The Morgan fingerprint density at radius 3 is 2.68 bits per heavy atom. The molecule has 0 aliphatic rings. The molecule has 0 bridgehead atoms. The Balaban J connectivity index is 1.57. The molecule has 22 heavy (non-hydrogen) atoms. The average Bonchev–Trinajstić information content (AvgIpc) is 2.54. The predicted octanol–water partition coefficient (Wildman–Crippen LogP) is 3.96. The molecule has 5 heteroatoms. The zero-order valence-electron chi connectivity index (χ0n) is 12.5. The lowest BCUT2D eigenvalue weighted by molar-refractivity contribution is -0.116. The number of thioether (sulfide) groups is 1. The number of rotatable bonds is 8. The number of aromatic nitrogens is 1. The van der Waals surface area contributed by atoms with Crippen molar-refractivity contribution in [3.63, 3.8) is 0 Å². The molecule has 1 aromatic heterocycles. The number of carbonyl (C=O) groups is 1. The van der Waals surface area contributed by atoms with Gasteiger partial charge in [0, 0.05) is 17.5 Å². The summed E-state index contributed by atoms with van der Waals surface area (Å²) in [5.41, 5.74) is 6.23. The van der Waals surface area contributed by atoms with E-state index in [1.54, 1.807) is 18.3 Å². The second-order valence-electron chi connectivity index (χ2n) is 4.96. The van der Waals surface area contributed by atoms with E-state index in [1.807, 2.05) is 17.8 Å². The van der Waals surface area contributed by atoms with Crippen molar-refractivity contribution >= 4 is 29.2 Å². The number of anilines is 2. The molecule has 116 valence electrons. The molecule has 0 fully saturated rings. The van der Waals surface area contributed by atoms with Crippen molar-refractivity contribution in [2.24, 2.45) is 0 Å². The molecular weight excluding hydrogens is 294 g/mol. The van der Waals surface area contributed by atoms with E-state index >= 15 is 0 Å². The molecule has 2 rings (SSSR count). The van der Waals surface area contributed by atoms with Gasteiger partial charge in [0.2, 0.25) is 5.91 Å². The highest BCUT2D eigenvalue weighted by molar-refractivity contribution is 7.99. The molecular formula is C17H21N3OS. The van der Waals surface area contributed by atoms with Crippen LogP contribution in [-0.4, -0.2) is 16.6 Å². The largest absolute Gasteiger partial charge is 0.396 e. The first-order chi connectivity index (χ1) is 10.8. The van der Waals surface area contributed by atoms with Crippen molar-refractivity contribution in [1.82, 2.24) is 4.98 Å². The normalized spacial score (nSPS) is 10.4. The minimum Gasteiger partial charge on any atom is -0.396 e. The summed E-state index contributed by atoms with van der Waals surface area (Å²) >= 11 is 1.86. The van der Waals surface area contributed by atoms with Gasteiger partial charge in [-0.1, -0.05) is 24.6 Å². The summed E-state index contributed by atoms with van der Waals surface area (Å²) < 4.78 is 0. The highest BCUT2D eigenvalue weighted by atomic mass is 32.2. The van der Waals surface area contributed by atoms with E-state index in [-0.39, 0.29) is 5.91 Å². The van der Waals surface area contributed by atoms with Gasteiger partial charge in [-0.15, -0.1) is 11.8 Å². The van der Waals surface area contributed by atoms with Crippen molar-refractivity contribution in [2.45, 2.75) is 30.6 Å². The lowest BCUT2D eigenvalue weighted by Crippen LogP contribution is -2.13. The summed E-state index contributed by atoms with van der Waals surface area (Å²) in [6, 6.07) is 13.8. The van der Waals surface area contributed by atoms with Gasteiger partial charge in [0.1, 0.15) is 0 Å². The lowest BCUT2D eigenvalue weighted by Gasteiger charge is -2.06. The Kier molecular flexibility index (Phi) is 6.77. The summed E-state index contributed by atoms with van der Waals surface area (Å²) in [5, 5.41) is 2.75. The van der Waals surface area contributed by atoms with E-state index in [4.69, 9.17) is 5.73 Å². The fraction of sp³-hybridized carbons (Fsp3) is 0.294. The van der Waals surface area contributed by atoms with Crippen LogP contribution in [0.3, 0.4) is 0 Å². The number of hydrogen-bond donors (Lipinski definition) is 2. The second kappa shape index (κ2) is 9.10. The van der Waals surface area contributed by atoms with Crippen LogP contribution in [0.5, 0.6) is 0 Å². The van der Waals surface area contributed by atoms with Gasteiger partial charge < -0.3 is 11.1 Å². The minimum atomic E-state index is -0.0267. The van der Waals surface area contributed by atoms with Gasteiger partial charge in [-0.05, 0) is 42.9 Å². The van der Waals surface area contributed by atoms with Gasteiger partial charge >= 0.3 is 0 Å². The van der Waals surface area contributed by atoms with Crippen molar-refractivity contribution in [3.8, 4) is 0 Å². The molecule has 3 N–H and O–H groups in total. The van der Waals surface area contributed by atoms with Crippen LogP contribution < -0.4 is 11.1 Å². The van der Waals surface area contributed by atoms with Crippen molar-refractivity contribution in [2.75, 3.05) is 16.8 Å². The van der Waals surface area contributed by atoms with Gasteiger partial charge in [0.25, 0.3) is 0 Å². The molecule has 0 spiro atoms. The highest BCUT2D eigenvalue weighted by Crippen LogP contribution is 2.19. The van der Waals surface area contributed by atoms with Gasteiger partial charge in [0.05, 0.1) is 5.69 Å². The Morgan fingerprint density at radius 2 is 1.91 bits per heavy atom. The number of benzene rings is 1. The highest BCUT2D eigenvalue weighted by Gasteiger charge is 2.05. The number of unbranched alkanes of at least 4 members (excludes halogenated alkanes) is 2. The van der Waals surface area contributed by atoms with E-state index in [1.165, 1.54) is 4.90 Å². The molecule has 1 aromatic carbocycles. The summed E-state index contributed by atoms with van der Waals surface area (Å²) in [4.78, 5) is 17.2. The number of pyridine rings is 1. The van der Waals surface area contributed by atoms with Crippen LogP contribution >= 0.6 is 11.8 Å². The van der Waals surface area contributed by atoms with Crippen LogP contribution in [0.25, 0.3) is 0 Å². The first-order valence-corrected chi connectivity index (χ1v) is 8.42.